The second-order valence-electron chi connectivity index (χ2n) is 5.11. The van der Waals surface area contributed by atoms with Crippen LogP contribution >= 0.6 is 0 Å². The van der Waals surface area contributed by atoms with Crippen molar-refractivity contribution in [2.45, 2.75) is 26.8 Å². The molecule has 0 N–H and O–H groups in total. The number of benzene rings is 1. The van der Waals surface area contributed by atoms with Crippen LogP contribution in [0.1, 0.15) is 22.6 Å². The van der Waals surface area contributed by atoms with Gasteiger partial charge in [0.2, 0.25) is 5.91 Å². The van der Waals surface area contributed by atoms with E-state index in [1.165, 1.54) is 5.56 Å². The fraction of sp³-hybridized carbons (Fsp3) is 0.333. The van der Waals surface area contributed by atoms with E-state index in [-0.39, 0.29) is 5.91 Å². The average molecular weight is 256 g/mol. The molecule has 0 unspecified atom stereocenters. The zero-order valence-corrected chi connectivity index (χ0v) is 11.4. The van der Waals surface area contributed by atoms with Gasteiger partial charge in [0, 0.05) is 19.2 Å². The zero-order chi connectivity index (χ0) is 13.6. The number of carbonyl (C=O) groups excluding carboxylic acids is 1. The quantitative estimate of drug-likeness (QED) is 0.787. The molecule has 0 spiro atoms. The molecule has 0 bridgehead atoms. The maximum Gasteiger partial charge on any atom is 0.227 e. The lowest BCUT2D eigenvalue weighted by Gasteiger charge is -2.25. The molecule has 0 saturated carbocycles. The lowest BCUT2D eigenvalue weighted by Crippen LogP contribution is -2.32. The van der Waals surface area contributed by atoms with E-state index >= 15 is 0 Å². The van der Waals surface area contributed by atoms with Crippen LogP contribution in [0.4, 0.5) is 0 Å². The van der Waals surface area contributed by atoms with Gasteiger partial charge in [-0.25, -0.2) is 0 Å². The molecule has 98 valence electrons. The Labute approximate surface area is 112 Å². The molecule has 0 radical (unpaired) electrons. The maximum atomic E-state index is 11.7. The van der Waals surface area contributed by atoms with Gasteiger partial charge in [-0.05, 0) is 36.6 Å². The molecule has 4 nitrogen and oxygen atoms in total. The van der Waals surface area contributed by atoms with E-state index in [1.54, 1.807) is 4.90 Å². The molecule has 0 aliphatic carbocycles. The van der Waals surface area contributed by atoms with Crippen LogP contribution in [0.3, 0.4) is 0 Å². The van der Waals surface area contributed by atoms with Crippen LogP contribution in [0.15, 0.2) is 22.7 Å². The summed E-state index contributed by atoms with van der Waals surface area (Å²) < 4.78 is 5.22. The van der Waals surface area contributed by atoms with Crippen molar-refractivity contribution in [3.05, 3.63) is 40.8 Å². The van der Waals surface area contributed by atoms with Crippen LogP contribution in [-0.4, -0.2) is 23.0 Å². The average Bonchev–Trinajstić information content (AvgIpc) is 2.70. The second kappa shape index (κ2) is 4.23. The molecule has 19 heavy (non-hydrogen) atoms. The SMILES string of the molecule is Cc1noc(C)c1-c1ccc2c(c1)CN(C)C(=O)C2. The van der Waals surface area contributed by atoms with Gasteiger partial charge < -0.3 is 9.42 Å². The number of aromatic nitrogens is 1. The van der Waals surface area contributed by atoms with Crippen molar-refractivity contribution in [2.75, 3.05) is 7.05 Å². The predicted octanol–water partition coefficient (Wildman–Crippen LogP) is 2.47. The molecule has 2 aromatic rings. The normalized spacial score (nSPS) is 14.7. The third-order valence-corrected chi connectivity index (χ3v) is 3.70. The monoisotopic (exact) mass is 256 g/mol. The standard InChI is InChI=1S/C15H16N2O2/c1-9-15(10(2)19-16-9)12-5-4-11-7-14(18)17(3)8-13(11)6-12/h4-6H,7-8H2,1-3H3. The first kappa shape index (κ1) is 12.0. The van der Waals surface area contributed by atoms with Gasteiger partial charge in [-0.1, -0.05) is 17.3 Å². The van der Waals surface area contributed by atoms with Crippen molar-refractivity contribution in [3.63, 3.8) is 0 Å². The number of hydrogen-bond donors (Lipinski definition) is 0. The third-order valence-electron chi connectivity index (χ3n) is 3.70. The topological polar surface area (TPSA) is 46.3 Å². The highest BCUT2D eigenvalue weighted by Crippen LogP contribution is 2.30. The van der Waals surface area contributed by atoms with E-state index in [0.717, 1.165) is 28.1 Å². The Kier molecular flexibility index (Phi) is 2.66. The second-order valence-corrected chi connectivity index (χ2v) is 5.11. The molecule has 2 heterocycles. The summed E-state index contributed by atoms with van der Waals surface area (Å²) in [5.74, 6) is 1.01. The number of amides is 1. The van der Waals surface area contributed by atoms with Crippen LogP contribution in [0, 0.1) is 13.8 Å². The highest BCUT2D eigenvalue weighted by Gasteiger charge is 2.21. The molecule has 4 heteroatoms. The summed E-state index contributed by atoms with van der Waals surface area (Å²) in [6.07, 6.45) is 0.494. The molecule has 1 aliphatic heterocycles. The van der Waals surface area contributed by atoms with Crippen molar-refractivity contribution in [1.29, 1.82) is 0 Å². The van der Waals surface area contributed by atoms with Gasteiger partial charge in [0.1, 0.15) is 5.76 Å². The van der Waals surface area contributed by atoms with Gasteiger partial charge in [-0.3, -0.25) is 4.79 Å². The summed E-state index contributed by atoms with van der Waals surface area (Å²) in [5.41, 5.74) is 5.40. The molecule has 1 amide bonds. The van der Waals surface area contributed by atoms with Crippen molar-refractivity contribution in [1.82, 2.24) is 10.1 Å². The molecule has 0 saturated heterocycles. The van der Waals surface area contributed by atoms with E-state index in [4.69, 9.17) is 4.52 Å². The van der Waals surface area contributed by atoms with Crippen molar-refractivity contribution in [2.24, 2.45) is 0 Å². The first-order chi connectivity index (χ1) is 9.06. The number of hydrogen-bond acceptors (Lipinski definition) is 3. The van der Waals surface area contributed by atoms with Crippen molar-refractivity contribution >= 4 is 5.91 Å². The molecular weight excluding hydrogens is 240 g/mol. The number of nitrogens with zero attached hydrogens (tertiary/aromatic N) is 2. The van der Waals surface area contributed by atoms with Gasteiger partial charge in [0.25, 0.3) is 0 Å². The minimum absolute atomic E-state index is 0.178. The summed E-state index contributed by atoms with van der Waals surface area (Å²) >= 11 is 0. The zero-order valence-electron chi connectivity index (χ0n) is 11.4. The van der Waals surface area contributed by atoms with Crippen LogP contribution in [-0.2, 0) is 17.8 Å². The van der Waals surface area contributed by atoms with Gasteiger partial charge in [-0.15, -0.1) is 0 Å². The fourth-order valence-corrected chi connectivity index (χ4v) is 2.64. The van der Waals surface area contributed by atoms with Crippen LogP contribution in [0.25, 0.3) is 11.1 Å². The number of rotatable bonds is 1. The van der Waals surface area contributed by atoms with E-state index in [9.17, 15) is 4.79 Å². The molecule has 1 aromatic carbocycles. The number of aryl methyl sites for hydroxylation is 2. The molecule has 0 atom stereocenters. The Morgan fingerprint density at radius 1 is 1.26 bits per heavy atom. The minimum Gasteiger partial charge on any atom is -0.361 e. The van der Waals surface area contributed by atoms with Crippen molar-refractivity contribution < 1.29 is 9.32 Å². The van der Waals surface area contributed by atoms with Gasteiger partial charge in [0.15, 0.2) is 0 Å². The number of carbonyl (C=O) groups is 1. The molecule has 1 aliphatic rings. The first-order valence-corrected chi connectivity index (χ1v) is 6.35. The Balaban J connectivity index is 2.07. The third kappa shape index (κ3) is 1.93. The van der Waals surface area contributed by atoms with Crippen LogP contribution in [0.5, 0.6) is 0 Å². The number of likely N-dealkylation sites (N-methyl/N-ethyl adjacent to an activating group) is 1. The lowest BCUT2D eigenvalue weighted by molar-refractivity contribution is -0.130. The lowest BCUT2D eigenvalue weighted by atomic mass is 9.94. The Hall–Kier alpha value is -2.10. The summed E-state index contributed by atoms with van der Waals surface area (Å²) in [4.78, 5) is 13.4. The highest BCUT2D eigenvalue weighted by molar-refractivity contribution is 5.81. The minimum atomic E-state index is 0.178. The van der Waals surface area contributed by atoms with Crippen LogP contribution < -0.4 is 0 Å². The van der Waals surface area contributed by atoms with Crippen LogP contribution in [0.2, 0.25) is 0 Å². The first-order valence-electron chi connectivity index (χ1n) is 6.35. The van der Waals surface area contributed by atoms with Crippen molar-refractivity contribution in [3.8, 4) is 11.1 Å². The molecule has 1 aromatic heterocycles. The summed E-state index contributed by atoms with van der Waals surface area (Å²) in [6, 6.07) is 6.23. The predicted molar refractivity (Wildman–Crippen MR) is 71.6 cm³/mol. The Morgan fingerprint density at radius 3 is 2.74 bits per heavy atom. The molecule has 3 rings (SSSR count). The summed E-state index contributed by atoms with van der Waals surface area (Å²) in [5, 5.41) is 3.99. The van der Waals surface area contributed by atoms with Gasteiger partial charge >= 0.3 is 0 Å². The molecular formula is C15H16N2O2. The largest absolute Gasteiger partial charge is 0.361 e. The summed E-state index contributed by atoms with van der Waals surface area (Å²) in [7, 11) is 1.84. The Morgan fingerprint density at radius 2 is 2.05 bits per heavy atom. The smallest absolute Gasteiger partial charge is 0.227 e. The van der Waals surface area contributed by atoms with Gasteiger partial charge in [0.05, 0.1) is 12.1 Å². The maximum absolute atomic E-state index is 11.7. The van der Waals surface area contributed by atoms with Gasteiger partial charge in [-0.2, -0.15) is 0 Å². The molecule has 0 fully saturated rings. The van der Waals surface area contributed by atoms with E-state index in [0.29, 0.717) is 13.0 Å². The highest BCUT2D eigenvalue weighted by atomic mass is 16.5. The summed E-state index contributed by atoms with van der Waals surface area (Å²) in [6.45, 7) is 4.54. The van der Waals surface area contributed by atoms with E-state index in [1.807, 2.05) is 33.0 Å². The fourth-order valence-electron chi connectivity index (χ4n) is 2.64. The van der Waals surface area contributed by atoms with E-state index < -0.39 is 0 Å². The van der Waals surface area contributed by atoms with E-state index in [2.05, 4.69) is 11.2 Å². The number of fused-ring (bicyclic) bond motifs is 1. The Bertz CT molecular complexity index is 639.